The van der Waals surface area contributed by atoms with Gasteiger partial charge in [-0.25, -0.2) is 9.37 Å². The van der Waals surface area contributed by atoms with E-state index in [0.29, 0.717) is 48.6 Å². The number of amides is 1. The van der Waals surface area contributed by atoms with Crippen LogP contribution in [-0.4, -0.2) is 51.5 Å². The third-order valence-electron chi connectivity index (χ3n) is 7.93. The predicted octanol–water partition coefficient (Wildman–Crippen LogP) is 5.78. The van der Waals surface area contributed by atoms with E-state index in [1.54, 1.807) is 23.2 Å². The molecule has 1 aliphatic heterocycles. The maximum atomic E-state index is 15.2. The molecule has 1 aliphatic rings. The van der Waals surface area contributed by atoms with Crippen LogP contribution in [0.1, 0.15) is 56.4 Å². The zero-order chi connectivity index (χ0) is 31.9. The highest BCUT2D eigenvalue weighted by molar-refractivity contribution is 6.34. The fourth-order valence-corrected chi connectivity index (χ4v) is 6.01. The highest BCUT2D eigenvalue weighted by Crippen LogP contribution is 2.40. The molecule has 226 valence electrons. The molecule has 9 nitrogen and oxygen atoms in total. The molecule has 0 spiro atoms. The van der Waals surface area contributed by atoms with E-state index in [1.165, 1.54) is 22.8 Å². The second-order valence-electron chi connectivity index (χ2n) is 11.3. The molecule has 3 aromatic heterocycles. The van der Waals surface area contributed by atoms with Gasteiger partial charge < -0.3 is 15.5 Å². The van der Waals surface area contributed by atoms with Gasteiger partial charge >= 0.3 is 0 Å². The molecule has 11 heteroatoms. The molecule has 5 rings (SSSR count). The van der Waals surface area contributed by atoms with Gasteiger partial charge in [-0.1, -0.05) is 51.9 Å². The quantitative estimate of drug-likeness (QED) is 0.216. The Balaban J connectivity index is 1.92. The van der Waals surface area contributed by atoms with Crippen LogP contribution in [-0.2, 0) is 4.79 Å². The molecular weight excluding hydrogens is 581 g/mol. The van der Waals surface area contributed by atoms with Gasteiger partial charge in [-0.05, 0) is 47.7 Å². The number of carbonyl (C=O) groups is 1. The van der Waals surface area contributed by atoms with Crippen LogP contribution in [0.25, 0.3) is 28.0 Å². The van der Waals surface area contributed by atoms with E-state index in [4.69, 9.17) is 22.3 Å². The maximum Gasteiger partial charge on any atom is 0.276 e. The number of nitriles is 1. The standard InChI is InChI=1S/C33H33ClFN7O2/c1-6-26(43)40-12-14-41(15-13-40)30-21-16-23(34)29(27-24(35)8-7-9-25(27)37)39-32(21)42(33(44)22(30)17-36)31-20(18(2)3)10-11-38-28(31)19(4)5/h6-11,16,18-19H,1,12-15,37H2,2-5H3. The summed E-state index contributed by atoms with van der Waals surface area (Å²) in [7, 11) is 0. The van der Waals surface area contributed by atoms with Crippen molar-refractivity contribution in [3.05, 3.63) is 87.2 Å². The fraction of sp³-hybridized carbons (Fsp3) is 0.303. The van der Waals surface area contributed by atoms with Crippen LogP contribution in [0.2, 0.25) is 5.02 Å². The Labute approximate surface area is 260 Å². The Morgan fingerprint density at radius 1 is 1.14 bits per heavy atom. The molecule has 4 heterocycles. The first-order valence-electron chi connectivity index (χ1n) is 14.4. The summed E-state index contributed by atoms with van der Waals surface area (Å²) < 4.78 is 16.7. The van der Waals surface area contributed by atoms with Crippen LogP contribution >= 0.6 is 11.6 Å². The number of anilines is 2. The number of nitrogens with two attached hydrogens (primary N) is 1. The number of pyridine rings is 3. The zero-order valence-corrected chi connectivity index (χ0v) is 25.8. The number of piperazine rings is 1. The van der Waals surface area contributed by atoms with E-state index in [9.17, 15) is 14.9 Å². The lowest BCUT2D eigenvalue weighted by Gasteiger charge is -2.36. The second-order valence-corrected chi connectivity index (χ2v) is 11.7. The van der Waals surface area contributed by atoms with Crippen molar-refractivity contribution < 1.29 is 9.18 Å². The van der Waals surface area contributed by atoms with Crippen LogP contribution in [0.15, 0.2) is 54.0 Å². The number of benzene rings is 1. The Bertz CT molecular complexity index is 1860. The van der Waals surface area contributed by atoms with Gasteiger partial charge in [0, 0.05) is 43.4 Å². The summed E-state index contributed by atoms with van der Waals surface area (Å²) in [6, 6.07) is 9.92. The third-order valence-corrected chi connectivity index (χ3v) is 8.22. The molecule has 44 heavy (non-hydrogen) atoms. The Morgan fingerprint density at radius 2 is 1.84 bits per heavy atom. The molecule has 0 unspecified atom stereocenters. The lowest BCUT2D eigenvalue weighted by atomic mass is 9.96. The summed E-state index contributed by atoms with van der Waals surface area (Å²) in [5.41, 5.74) is 8.31. The van der Waals surface area contributed by atoms with Gasteiger partial charge in [0.2, 0.25) is 5.91 Å². The van der Waals surface area contributed by atoms with Crippen molar-refractivity contribution in [3.8, 4) is 23.0 Å². The summed E-state index contributed by atoms with van der Waals surface area (Å²) in [6.45, 7) is 13.0. The number of fused-ring (bicyclic) bond motifs is 1. The van der Waals surface area contributed by atoms with Crippen LogP contribution in [0.3, 0.4) is 0 Å². The molecule has 4 aromatic rings. The molecular formula is C33H33ClFN7O2. The van der Waals surface area contributed by atoms with Gasteiger partial charge in [-0.15, -0.1) is 0 Å². The maximum absolute atomic E-state index is 15.2. The highest BCUT2D eigenvalue weighted by Gasteiger charge is 2.30. The first-order valence-corrected chi connectivity index (χ1v) is 14.8. The number of carbonyl (C=O) groups excluding carboxylic acids is 1. The predicted molar refractivity (Wildman–Crippen MR) is 172 cm³/mol. The number of hydrogen-bond acceptors (Lipinski definition) is 7. The average Bonchev–Trinajstić information content (AvgIpc) is 3.00. The summed E-state index contributed by atoms with van der Waals surface area (Å²) in [6.07, 6.45) is 2.97. The van der Waals surface area contributed by atoms with Crippen LogP contribution in [0.5, 0.6) is 0 Å². The topological polar surface area (TPSA) is 121 Å². The molecule has 1 aromatic carbocycles. The van der Waals surface area contributed by atoms with E-state index in [1.807, 2.05) is 38.7 Å². The highest BCUT2D eigenvalue weighted by atomic mass is 35.5. The smallest absolute Gasteiger partial charge is 0.276 e. The van der Waals surface area contributed by atoms with Crippen molar-refractivity contribution in [2.75, 3.05) is 36.8 Å². The van der Waals surface area contributed by atoms with Gasteiger partial charge in [0.25, 0.3) is 5.56 Å². The lowest BCUT2D eigenvalue weighted by Crippen LogP contribution is -2.49. The molecule has 2 N–H and O–H groups in total. The minimum absolute atomic E-state index is 0.0119. The summed E-state index contributed by atoms with van der Waals surface area (Å²) in [5.74, 6) is -0.902. The molecule has 1 fully saturated rings. The lowest BCUT2D eigenvalue weighted by molar-refractivity contribution is -0.126. The van der Waals surface area contributed by atoms with Crippen molar-refractivity contribution >= 4 is 39.9 Å². The van der Waals surface area contributed by atoms with Gasteiger partial charge in [-0.3, -0.25) is 19.1 Å². The van der Waals surface area contributed by atoms with Gasteiger partial charge in [0.05, 0.1) is 33.3 Å². The fourth-order valence-electron chi connectivity index (χ4n) is 5.77. The van der Waals surface area contributed by atoms with Gasteiger partial charge in [0.15, 0.2) is 0 Å². The summed E-state index contributed by atoms with van der Waals surface area (Å²) in [5, 5.41) is 11.0. The SMILES string of the molecule is C=CC(=O)N1CCN(c2c(C#N)c(=O)n(-c3c(C(C)C)ccnc3C(C)C)c3nc(-c4c(N)cccc4F)c(Cl)cc23)CC1. The van der Waals surface area contributed by atoms with Gasteiger partial charge in [-0.2, -0.15) is 5.26 Å². The summed E-state index contributed by atoms with van der Waals surface area (Å²) >= 11 is 6.82. The Morgan fingerprint density at radius 3 is 2.43 bits per heavy atom. The normalized spacial score (nSPS) is 13.5. The minimum atomic E-state index is -0.614. The van der Waals surface area contributed by atoms with Crippen LogP contribution in [0.4, 0.5) is 15.8 Å². The van der Waals surface area contributed by atoms with Crippen molar-refractivity contribution in [1.29, 1.82) is 5.26 Å². The molecule has 0 aliphatic carbocycles. The Kier molecular flexibility index (Phi) is 8.44. The molecule has 1 amide bonds. The summed E-state index contributed by atoms with van der Waals surface area (Å²) in [4.78, 5) is 39.9. The van der Waals surface area contributed by atoms with Crippen molar-refractivity contribution in [2.24, 2.45) is 0 Å². The van der Waals surface area contributed by atoms with Crippen molar-refractivity contribution in [2.45, 2.75) is 39.5 Å². The first-order chi connectivity index (χ1) is 21.0. The van der Waals surface area contributed by atoms with E-state index in [0.717, 1.165) is 5.56 Å². The number of nitrogen functional groups attached to an aromatic ring is 1. The van der Waals surface area contributed by atoms with E-state index in [2.05, 4.69) is 17.6 Å². The van der Waals surface area contributed by atoms with Gasteiger partial charge in [0.1, 0.15) is 23.1 Å². The zero-order valence-electron chi connectivity index (χ0n) is 25.1. The van der Waals surface area contributed by atoms with E-state index < -0.39 is 11.4 Å². The molecule has 1 saturated heterocycles. The van der Waals surface area contributed by atoms with Crippen LogP contribution < -0.4 is 16.2 Å². The number of aromatic nitrogens is 3. The van der Waals surface area contributed by atoms with Crippen molar-refractivity contribution in [3.63, 3.8) is 0 Å². The van der Waals surface area contributed by atoms with E-state index >= 15 is 4.39 Å². The number of halogens is 2. The second kappa shape index (κ2) is 12.1. The first kappa shape index (κ1) is 30.7. The number of nitrogens with zero attached hydrogens (tertiary/aromatic N) is 6. The minimum Gasteiger partial charge on any atom is -0.398 e. The van der Waals surface area contributed by atoms with E-state index in [-0.39, 0.29) is 50.9 Å². The third kappa shape index (κ3) is 5.18. The largest absolute Gasteiger partial charge is 0.398 e. The number of hydrogen-bond donors (Lipinski definition) is 1. The molecule has 0 saturated carbocycles. The average molecular weight is 614 g/mol. The molecule has 0 atom stereocenters. The van der Waals surface area contributed by atoms with Crippen LogP contribution in [0, 0.1) is 17.1 Å². The molecule has 0 bridgehead atoms. The van der Waals surface area contributed by atoms with Crippen molar-refractivity contribution in [1.82, 2.24) is 19.4 Å². The Hall–Kier alpha value is -4.75. The number of rotatable bonds is 6. The molecule has 0 radical (unpaired) electrons. The monoisotopic (exact) mass is 613 g/mol.